The fraction of sp³-hybridized carbons (Fsp3) is 0.143. The topological polar surface area (TPSA) is 63.2 Å². The maximum absolute atomic E-state index is 12.3. The van der Waals surface area contributed by atoms with Gasteiger partial charge in [-0.3, -0.25) is 4.79 Å². The highest BCUT2D eigenvalue weighted by molar-refractivity contribution is 6.30. The van der Waals surface area contributed by atoms with Crippen molar-refractivity contribution in [2.75, 3.05) is 24.3 Å². The molecular formula is C21H20ClN3O2. The van der Waals surface area contributed by atoms with Gasteiger partial charge in [-0.05, 0) is 54.4 Å². The summed E-state index contributed by atoms with van der Waals surface area (Å²) in [5, 5.41) is 6.62. The maximum atomic E-state index is 12.3. The van der Waals surface area contributed by atoms with Gasteiger partial charge in [-0.15, -0.1) is 0 Å². The lowest BCUT2D eigenvalue weighted by atomic mass is 10.1. The summed E-state index contributed by atoms with van der Waals surface area (Å²) in [6.07, 6.45) is 2.41. The first kappa shape index (κ1) is 18.7. The van der Waals surface area contributed by atoms with E-state index in [-0.39, 0.29) is 5.91 Å². The highest BCUT2D eigenvalue weighted by Gasteiger charge is 2.07. The molecule has 0 saturated carbocycles. The van der Waals surface area contributed by atoms with Crippen LogP contribution in [0.4, 0.5) is 11.5 Å². The van der Waals surface area contributed by atoms with Gasteiger partial charge in [0, 0.05) is 23.5 Å². The molecule has 1 heterocycles. The Kier molecular flexibility index (Phi) is 6.28. The lowest BCUT2D eigenvalue weighted by Gasteiger charge is -2.08. The molecule has 6 heteroatoms. The number of hydrogen-bond acceptors (Lipinski definition) is 4. The zero-order valence-corrected chi connectivity index (χ0v) is 15.7. The van der Waals surface area contributed by atoms with E-state index in [0.29, 0.717) is 16.3 Å². The number of pyridine rings is 1. The summed E-state index contributed by atoms with van der Waals surface area (Å²) in [5.41, 5.74) is 2.34. The van der Waals surface area contributed by atoms with Crippen LogP contribution in [0.15, 0.2) is 66.9 Å². The molecule has 27 heavy (non-hydrogen) atoms. The van der Waals surface area contributed by atoms with Crippen LogP contribution in [0.25, 0.3) is 0 Å². The Labute approximate surface area is 163 Å². The minimum Gasteiger partial charge on any atom is -0.497 e. The van der Waals surface area contributed by atoms with Gasteiger partial charge >= 0.3 is 0 Å². The summed E-state index contributed by atoms with van der Waals surface area (Å²) >= 11 is 5.92. The molecule has 0 atom stereocenters. The van der Waals surface area contributed by atoms with Crippen LogP contribution in [-0.4, -0.2) is 24.5 Å². The molecule has 2 aromatic carbocycles. The van der Waals surface area contributed by atoms with E-state index >= 15 is 0 Å². The molecule has 0 bridgehead atoms. The van der Waals surface area contributed by atoms with Gasteiger partial charge in [-0.2, -0.15) is 0 Å². The Balaban J connectivity index is 1.51. The summed E-state index contributed by atoms with van der Waals surface area (Å²) in [6, 6.07) is 18.5. The molecule has 3 rings (SSSR count). The first-order valence-corrected chi connectivity index (χ1v) is 8.91. The van der Waals surface area contributed by atoms with Crippen LogP contribution in [-0.2, 0) is 6.42 Å². The molecule has 0 saturated heterocycles. The van der Waals surface area contributed by atoms with Gasteiger partial charge in [-0.25, -0.2) is 4.98 Å². The predicted molar refractivity (Wildman–Crippen MR) is 109 cm³/mol. The standard InChI is InChI=1S/C21H20ClN3O2/c1-27-19-8-5-15(6-9-19)11-12-23-20-10-7-16(14-24-20)21(26)25-18-4-2-3-17(22)13-18/h2-10,13-14H,11-12H2,1H3,(H,23,24)(H,25,26). The number of hydrogen-bond donors (Lipinski definition) is 2. The molecule has 138 valence electrons. The number of amides is 1. The Morgan fingerprint density at radius 3 is 2.59 bits per heavy atom. The zero-order valence-electron chi connectivity index (χ0n) is 14.9. The van der Waals surface area contributed by atoms with Gasteiger partial charge in [-0.1, -0.05) is 29.8 Å². The summed E-state index contributed by atoms with van der Waals surface area (Å²) in [7, 11) is 1.65. The van der Waals surface area contributed by atoms with Crippen molar-refractivity contribution in [3.63, 3.8) is 0 Å². The second-order valence-corrected chi connectivity index (χ2v) is 6.36. The largest absolute Gasteiger partial charge is 0.497 e. The molecular weight excluding hydrogens is 362 g/mol. The molecule has 0 unspecified atom stereocenters. The smallest absolute Gasteiger partial charge is 0.257 e. The summed E-state index contributed by atoms with van der Waals surface area (Å²) in [5.74, 6) is 1.34. The van der Waals surface area contributed by atoms with Crippen molar-refractivity contribution in [3.8, 4) is 5.75 Å². The predicted octanol–water partition coefficient (Wildman–Crippen LogP) is 4.65. The van der Waals surface area contributed by atoms with Crippen LogP contribution in [0.5, 0.6) is 5.75 Å². The van der Waals surface area contributed by atoms with E-state index in [1.165, 1.54) is 5.56 Å². The van der Waals surface area contributed by atoms with E-state index in [2.05, 4.69) is 15.6 Å². The Morgan fingerprint density at radius 2 is 1.93 bits per heavy atom. The summed E-state index contributed by atoms with van der Waals surface area (Å²) in [4.78, 5) is 16.6. The SMILES string of the molecule is COc1ccc(CCNc2ccc(C(=O)Nc3cccc(Cl)c3)cn2)cc1. The zero-order chi connectivity index (χ0) is 19.1. The average molecular weight is 382 g/mol. The van der Waals surface area contributed by atoms with Crippen molar-refractivity contribution in [1.82, 2.24) is 4.98 Å². The van der Waals surface area contributed by atoms with E-state index in [1.54, 1.807) is 49.7 Å². The molecule has 0 spiro atoms. The number of halogens is 1. The number of aromatic nitrogens is 1. The number of methoxy groups -OCH3 is 1. The molecule has 1 aromatic heterocycles. The minimum atomic E-state index is -0.227. The molecule has 3 aromatic rings. The molecule has 0 aliphatic rings. The maximum Gasteiger partial charge on any atom is 0.257 e. The van der Waals surface area contributed by atoms with Crippen molar-refractivity contribution < 1.29 is 9.53 Å². The third kappa shape index (κ3) is 5.46. The number of benzene rings is 2. The highest BCUT2D eigenvalue weighted by Crippen LogP contribution is 2.16. The lowest BCUT2D eigenvalue weighted by molar-refractivity contribution is 0.102. The average Bonchev–Trinajstić information content (AvgIpc) is 2.69. The van der Waals surface area contributed by atoms with Gasteiger partial charge in [0.15, 0.2) is 0 Å². The first-order valence-electron chi connectivity index (χ1n) is 8.54. The van der Waals surface area contributed by atoms with Crippen molar-refractivity contribution in [1.29, 1.82) is 0 Å². The Bertz CT molecular complexity index is 896. The monoisotopic (exact) mass is 381 g/mol. The third-order valence-corrected chi connectivity index (χ3v) is 4.22. The van der Waals surface area contributed by atoms with Crippen molar-refractivity contribution in [3.05, 3.63) is 83.0 Å². The number of anilines is 2. The van der Waals surface area contributed by atoms with Gasteiger partial charge < -0.3 is 15.4 Å². The van der Waals surface area contributed by atoms with Gasteiger partial charge in [0.05, 0.1) is 12.7 Å². The van der Waals surface area contributed by atoms with Gasteiger partial charge in [0.2, 0.25) is 0 Å². The van der Waals surface area contributed by atoms with E-state index in [1.807, 2.05) is 24.3 Å². The van der Waals surface area contributed by atoms with E-state index < -0.39 is 0 Å². The summed E-state index contributed by atoms with van der Waals surface area (Å²) < 4.78 is 5.15. The van der Waals surface area contributed by atoms with E-state index in [0.717, 1.165) is 24.5 Å². The van der Waals surface area contributed by atoms with Crippen molar-refractivity contribution >= 4 is 29.0 Å². The van der Waals surface area contributed by atoms with Crippen LogP contribution in [0.1, 0.15) is 15.9 Å². The quantitative estimate of drug-likeness (QED) is 0.625. The van der Waals surface area contributed by atoms with Crippen LogP contribution in [0.3, 0.4) is 0 Å². The second-order valence-electron chi connectivity index (χ2n) is 5.92. The number of nitrogens with one attached hydrogen (secondary N) is 2. The van der Waals surface area contributed by atoms with E-state index in [9.17, 15) is 4.79 Å². The number of ether oxygens (including phenoxy) is 1. The number of carbonyl (C=O) groups is 1. The Morgan fingerprint density at radius 1 is 1.11 bits per heavy atom. The normalized spacial score (nSPS) is 10.3. The summed E-state index contributed by atoms with van der Waals surface area (Å²) in [6.45, 7) is 0.743. The highest BCUT2D eigenvalue weighted by atomic mass is 35.5. The second kappa shape index (κ2) is 9.05. The van der Waals surface area contributed by atoms with Crippen LogP contribution >= 0.6 is 11.6 Å². The van der Waals surface area contributed by atoms with Crippen molar-refractivity contribution in [2.24, 2.45) is 0 Å². The molecule has 5 nitrogen and oxygen atoms in total. The van der Waals surface area contributed by atoms with Crippen LogP contribution in [0, 0.1) is 0 Å². The molecule has 1 amide bonds. The number of carbonyl (C=O) groups excluding carboxylic acids is 1. The number of nitrogens with zero attached hydrogens (tertiary/aromatic N) is 1. The molecule has 0 fully saturated rings. The van der Waals surface area contributed by atoms with Crippen LogP contribution < -0.4 is 15.4 Å². The van der Waals surface area contributed by atoms with Gasteiger partial charge in [0.25, 0.3) is 5.91 Å². The minimum absolute atomic E-state index is 0.227. The van der Waals surface area contributed by atoms with Gasteiger partial charge in [0.1, 0.15) is 11.6 Å². The fourth-order valence-corrected chi connectivity index (χ4v) is 2.72. The molecule has 0 aliphatic carbocycles. The van der Waals surface area contributed by atoms with Crippen molar-refractivity contribution in [2.45, 2.75) is 6.42 Å². The lowest BCUT2D eigenvalue weighted by Crippen LogP contribution is -2.13. The van der Waals surface area contributed by atoms with E-state index in [4.69, 9.17) is 16.3 Å². The van der Waals surface area contributed by atoms with Crippen LogP contribution in [0.2, 0.25) is 5.02 Å². The Hall–Kier alpha value is -3.05. The fourth-order valence-electron chi connectivity index (χ4n) is 2.53. The third-order valence-electron chi connectivity index (χ3n) is 3.99. The molecule has 2 N–H and O–H groups in total. The first-order chi connectivity index (χ1) is 13.1. The molecule has 0 radical (unpaired) electrons. The number of rotatable bonds is 7. The molecule has 0 aliphatic heterocycles.